The fraction of sp³-hybridized carbons (Fsp3) is 0.583. The molecular formula is C12H16F3N3O2. The van der Waals surface area contributed by atoms with E-state index >= 15 is 0 Å². The molecule has 1 fully saturated rings. The predicted molar refractivity (Wildman–Crippen MR) is 67.8 cm³/mol. The second-order valence-electron chi connectivity index (χ2n) is 4.32. The van der Waals surface area contributed by atoms with Crippen LogP contribution in [0.3, 0.4) is 0 Å². The van der Waals surface area contributed by atoms with Crippen LogP contribution in [0.25, 0.3) is 0 Å². The highest BCUT2D eigenvalue weighted by atomic mass is 19.4. The summed E-state index contributed by atoms with van der Waals surface area (Å²) in [5, 5.41) is 5.46. The summed E-state index contributed by atoms with van der Waals surface area (Å²) in [5.74, 6) is 0.307. The highest BCUT2D eigenvalue weighted by Gasteiger charge is 2.31. The average molecular weight is 291 g/mol. The summed E-state index contributed by atoms with van der Waals surface area (Å²) >= 11 is 0. The number of halogens is 3. The quantitative estimate of drug-likeness (QED) is 0.888. The molecule has 5 nitrogen and oxygen atoms in total. The topological polar surface area (TPSA) is 55.4 Å². The first-order valence-corrected chi connectivity index (χ1v) is 6.19. The molecule has 0 amide bonds. The fourth-order valence-electron chi connectivity index (χ4n) is 1.79. The second-order valence-corrected chi connectivity index (χ2v) is 4.32. The molecule has 1 aromatic heterocycles. The van der Waals surface area contributed by atoms with Crippen molar-refractivity contribution >= 4 is 11.6 Å². The molecule has 2 heterocycles. The van der Waals surface area contributed by atoms with Crippen molar-refractivity contribution in [2.24, 2.45) is 0 Å². The van der Waals surface area contributed by atoms with Crippen LogP contribution in [0.5, 0.6) is 0 Å². The molecular weight excluding hydrogens is 275 g/mol. The molecule has 0 bridgehead atoms. The Kier molecular flexibility index (Phi) is 4.66. The summed E-state index contributed by atoms with van der Waals surface area (Å²) in [6, 6.07) is 1.94. The van der Waals surface area contributed by atoms with Gasteiger partial charge in [-0.25, -0.2) is 4.98 Å². The Morgan fingerprint density at radius 1 is 1.30 bits per heavy atom. The van der Waals surface area contributed by atoms with Crippen LogP contribution in [0.15, 0.2) is 12.1 Å². The molecule has 0 radical (unpaired) electrons. The summed E-state index contributed by atoms with van der Waals surface area (Å²) in [5.41, 5.74) is -0.750. The minimum atomic E-state index is -4.41. The zero-order valence-corrected chi connectivity index (χ0v) is 11.0. The Bertz CT molecular complexity index is 448. The van der Waals surface area contributed by atoms with E-state index in [1.165, 1.54) is 7.05 Å². The van der Waals surface area contributed by atoms with Crippen LogP contribution in [0.2, 0.25) is 0 Å². The van der Waals surface area contributed by atoms with Gasteiger partial charge in [0.15, 0.2) is 0 Å². The molecule has 1 aliphatic rings. The van der Waals surface area contributed by atoms with Gasteiger partial charge in [-0.1, -0.05) is 0 Å². The maximum Gasteiger partial charge on any atom is 0.416 e. The third kappa shape index (κ3) is 3.97. The van der Waals surface area contributed by atoms with Gasteiger partial charge in [0, 0.05) is 13.6 Å². The summed E-state index contributed by atoms with van der Waals surface area (Å²) in [6.45, 7) is 1.80. The number of hydrogen-bond acceptors (Lipinski definition) is 5. The van der Waals surface area contributed by atoms with Crippen molar-refractivity contribution < 1.29 is 22.6 Å². The van der Waals surface area contributed by atoms with Crippen molar-refractivity contribution in [2.75, 3.05) is 44.0 Å². The van der Waals surface area contributed by atoms with E-state index in [9.17, 15) is 13.2 Å². The monoisotopic (exact) mass is 291 g/mol. The molecule has 2 rings (SSSR count). The number of pyridine rings is 1. The molecule has 112 valence electrons. The van der Waals surface area contributed by atoms with Crippen LogP contribution >= 0.6 is 0 Å². The molecule has 1 saturated heterocycles. The zero-order chi connectivity index (χ0) is 14.6. The molecule has 20 heavy (non-hydrogen) atoms. The third-order valence-corrected chi connectivity index (χ3v) is 2.80. The number of alkyl halides is 3. The Hall–Kier alpha value is -1.54. The van der Waals surface area contributed by atoms with E-state index in [0.29, 0.717) is 26.4 Å². The first kappa shape index (κ1) is 14.9. The van der Waals surface area contributed by atoms with E-state index in [1.54, 1.807) is 0 Å². The lowest BCUT2D eigenvalue weighted by atomic mass is 10.2. The van der Waals surface area contributed by atoms with Crippen molar-refractivity contribution in [1.82, 2.24) is 4.98 Å². The summed E-state index contributed by atoms with van der Waals surface area (Å²) in [7, 11) is 1.52. The standard InChI is InChI=1S/C12H16F3N3O2/c1-16-10-4-8(12(13,14)15)5-11(18-10)17-6-9-7-19-2-3-20-9/h4-5,9H,2-3,6-7H2,1H3,(H2,16,17,18). The fourth-order valence-corrected chi connectivity index (χ4v) is 1.79. The number of nitrogens with zero attached hydrogens (tertiary/aromatic N) is 1. The molecule has 2 N–H and O–H groups in total. The second kappa shape index (κ2) is 6.27. The lowest BCUT2D eigenvalue weighted by Gasteiger charge is -2.23. The lowest BCUT2D eigenvalue weighted by Crippen LogP contribution is -2.34. The van der Waals surface area contributed by atoms with Crippen molar-refractivity contribution in [3.63, 3.8) is 0 Å². The highest BCUT2D eigenvalue weighted by Crippen LogP contribution is 2.31. The van der Waals surface area contributed by atoms with Gasteiger partial charge in [-0.3, -0.25) is 0 Å². The molecule has 1 unspecified atom stereocenters. The van der Waals surface area contributed by atoms with Crippen LogP contribution in [0, 0.1) is 0 Å². The van der Waals surface area contributed by atoms with Gasteiger partial charge in [0.2, 0.25) is 0 Å². The van der Waals surface area contributed by atoms with Crippen LogP contribution < -0.4 is 10.6 Å². The molecule has 1 aromatic rings. The number of aromatic nitrogens is 1. The minimum Gasteiger partial charge on any atom is -0.376 e. The molecule has 0 spiro atoms. The zero-order valence-electron chi connectivity index (χ0n) is 11.0. The van der Waals surface area contributed by atoms with Gasteiger partial charge in [-0.05, 0) is 12.1 Å². The molecule has 0 aliphatic carbocycles. The van der Waals surface area contributed by atoms with Gasteiger partial charge in [-0.15, -0.1) is 0 Å². The summed E-state index contributed by atoms with van der Waals surface area (Å²) in [4.78, 5) is 4.03. The molecule has 0 aromatic carbocycles. The molecule has 0 saturated carbocycles. The molecule has 8 heteroatoms. The predicted octanol–water partition coefficient (Wildman–Crippen LogP) is 1.97. The number of hydrogen-bond donors (Lipinski definition) is 2. The van der Waals surface area contributed by atoms with Gasteiger partial charge < -0.3 is 20.1 Å². The van der Waals surface area contributed by atoms with Crippen molar-refractivity contribution in [3.8, 4) is 0 Å². The minimum absolute atomic E-state index is 0.151. The molecule has 1 atom stereocenters. The van der Waals surface area contributed by atoms with E-state index in [4.69, 9.17) is 9.47 Å². The summed E-state index contributed by atoms with van der Waals surface area (Å²) < 4.78 is 48.9. The highest BCUT2D eigenvalue weighted by molar-refractivity contribution is 5.49. The van der Waals surface area contributed by atoms with Gasteiger partial charge in [-0.2, -0.15) is 13.2 Å². The van der Waals surface area contributed by atoms with E-state index in [1.807, 2.05) is 0 Å². The third-order valence-electron chi connectivity index (χ3n) is 2.80. The van der Waals surface area contributed by atoms with Crippen LogP contribution in [0.1, 0.15) is 5.56 Å². The van der Waals surface area contributed by atoms with Gasteiger partial charge in [0.25, 0.3) is 0 Å². The van der Waals surface area contributed by atoms with E-state index in [0.717, 1.165) is 12.1 Å². The van der Waals surface area contributed by atoms with E-state index in [2.05, 4.69) is 15.6 Å². The number of ether oxygens (including phenoxy) is 2. The van der Waals surface area contributed by atoms with Crippen LogP contribution in [-0.4, -0.2) is 44.5 Å². The number of anilines is 2. The Morgan fingerprint density at radius 3 is 2.65 bits per heavy atom. The lowest BCUT2D eigenvalue weighted by molar-refractivity contribution is -0.137. The largest absolute Gasteiger partial charge is 0.416 e. The number of rotatable bonds is 4. The SMILES string of the molecule is CNc1cc(C(F)(F)F)cc(NCC2COCCO2)n1. The van der Waals surface area contributed by atoms with Crippen molar-refractivity contribution in [1.29, 1.82) is 0 Å². The first-order valence-electron chi connectivity index (χ1n) is 6.19. The Balaban J connectivity index is 2.06. The van der Waals surface area contributed by atoms with E-state index < -0.39 is 11.7 Å². The van der Waals surface area contributed by atoms with Crippen LogP contribution in [-0.2, 0) is 15.7 Å². The maximum absolute atomic E-state index is 12.8. The normalized spacial score (nSPS) is 19.7. The first-order chi connectivity index (χ1) is 9.49. The van der Waals surface area contributed by atoms with Crippen molar-refractivity contribution in [3.05, 3.63) is 17.7 Å². The van der Waals surface area contributed by atoms with E-state index in [-0.39, 0.29) is 17.7 Å². The smallest absolute Gasteiger partial charge is 0.376 e. The van der Waals surface area contributed by atoms with Crippen molar-refractivity contribution in [2.45, 2.75) is 12.3 Å². The Morgan fingerprint density at radius 2 is 2.05 bits per heavy atom. The average Bonchev–Trinajstić information content (AvgIpc) is 2.45. The summed E-state index contributed by atoms with van der Waals surface area (Å²) in [6.07, 6.45) is -4.59. The van der Waals surface area contributed by atoms with Gasteiger partial charge in [0.1, 0.15) is 11.6 Å². The number of nitrogens with one attached hydrogen (secondary N) is 2. The Labute approximate surface area is 114 Å². The molecule has 1 aliphatic heterocycles. The van der Waals surface area contributed by atoms with Gasteiger partial charge >= 0.3 is 6.18 Å². The van der Waals surface area contributed by atoms with Gasteiger partial charge in [0.05, 0.1) is 31.5 Å². The van der Waals surface area contributed by atoms with Crippen LogP contribution in [0.4, 0.5) is 24.8 Å². The maximum atomic E-state index is 12.8.